The van der Waals surface area contributed by atoms with Crippen LogP contribution in [0, 0.1) is 5.41 Å². The average molecular weight is 544 g/mol. The van der Waals surface area contributed by atoms with Gasteiger partial charge in [0, 0.05) is 22.7 Å². The Morgan fingerprint density at radius 1 is 0.974 bits per heavy atom. The van der Waals surface area contributed by atoms with Crippen molar-refractivity contribution < 1.29 is 14.3 Å². The first-order chi connectivity index (χ1) is 19.1. The van der Waals surface area contributed by atoms with E-state index in [0.717, 1.165) is 52.5 Å². The van der Waals surface area contributed by atoms with Crippen LogP contribution < -0.4 is 9.47 Å². The second kappa shape index (κ2) is 12.3. The first-order valence-corrected chi connectivity index (χ1v) is 14.3. The summed E-state index contributed by atoms with van der Waals surface area (Å²) in [6.07, 6.45) is 9.21. The van der Waals surface area contributed by atoms with E-state index in [1.54, 1.807) is 6.08 Å². The number of nitrogens with zero attached hydrogens (tertiary/aromatic N) is 4. The number of para-hydroxylation sites is 1. The summed E-state index contributed by atoms with van der Waals surface area (Å²) in [4.78, 5) is 17.0. The van der Waals surface area contributed by atoms with Crippen molar-refractivity contribution in [3.05, 3.63) is 65.9 Å². The molecule has 0 atom stereocenters. The first-order valence-electron chi connectivity index (χ1n) is 13.5. The summed E-state index contributed by atoms with van der Waals surface area (Å²) in [6.45, 7) is 6.04. The molecular weight excluding hydrogens is 510 g/mol. The molecule has 2 aliphatic heterocycles. The lowest BCUT2D eigenvalue weighted by Crippen LogP contribution is -2.35. The third kappa shape index (κ3) is 6.09. The maximum Gasteiger partial charge on any atom is 0.283 e. The van der Waals surface area contributed by atoms with Gasteiger partial charge in [-0.25, -0.2) is 0 Å². The molecule has 0 saturated carbocycles. The molecule has 2 aliphatic rings. The number of unbranched alkanes of at least 4 members (excludes halogenated alkanes) is 3. The van der Waals surface area contributed by atoms with E-state index < -0.39 is 5.91 Å². The molecule has 0 spiro atoms. The standard InChI is InChI=1S/C30H33N5O3S/c1-3-5-6-9-17-37-22-12-14-23(15-13-22)38-18-16-34-20-21(24-10-7-8-11-26(24)34)19-25-28(31)35-30(32-29(25)36)39-27(4-2)33-35/h7-8,10-15,19-20,31H,3-6,9,16-18H2,1-2H3/b25-19-,31-28?. The average Bonchev–Trinajstić information content (AvgIpc) is 3.53. The van der Waals surface area contributed by atoms with Gasteiger partial charge >= 0.3 is 0 Å². The Hall–Kier alpha value is -3.85. The molecule has 0 aliphatic carbocycles. The highest BCUT2D eigenvalue weighted by Gasteiger charge is 2.35. The summed E-state index contributed by atoms with van der Waals surface area (Å²) in [5.41, 5.74) is 2.11. The number of nitrogens with one attached hydrogen (secondary N) is 1. The number of hydrazone groups is 1. The maximum absolute atomic E-state index is 12.8. The van der Waals surface area contributed by atoms with Gasteiger partial charge in [-0.2, -0.15) is 15.1 Å². The minimum absolute atomic E-state index is 0.0505. The van der Waals surface area contributed by atoms with Crippen molar-refractivity contribution in [3.63, 3.8) is 0 Å². The van der Waals surface area contributed by atoms with Crippen LogP contribution in [-0.2, 0) is 11.3 Å². The zero-order chi connectivity index (χ0) is 27.2. The van der Waals surface area contributed by atoms with Crippen LogP contribution in [0.2, 0.25) is 0 Å². The molecule has 1 N–H and O–H groups in total. The van der Waals surface area contributed by atoms with Crippen molar-refractivity contribution in [1.29, 1.82) is 5.41 Å². The molecule has 0 unspecified atom stereocenters. The summed E-state index contributed by atoms with van der Waals surface area (Å²) < 4.78 is 13.9. The normalized spacial score (nSPS) is 16.1. The van der Waals surface area contributed by atoms with Crippen LogP contribution in [-0.4, -0.2) is 44.7 Å². The molecule has 1 aromatic heterocycles. The van der Waals surface area contributed by atoms with Gasteiger partial charge in [-0.05, 0) is 61.0 Å². The fraction of sp³-hybridized carbons (Fsp3) is 0.333. The number of carbonyl (C=O) groups is 1. The fourth-order valence-electron chi connectivity index (χ4n) is 4.52. The second-order valence-corrected chi connectivity index (χ2v) is 10.4. The highest BCUT2D eigenvalue weighted by molar-refractivity contribution is 8.26. The SMILES string of the molecule is CCCCCCOc1ccc(OCCn2cc(/C=C3/C(=N)N4N=C(CC)SC4=NC3=O)c3ccccc32)cc1. The number of fused-ring (bicyclic) bond motifs is 2. The smallest absolute Gasteiger partial charge is 0.283 e. The van der Waals surface area contributed by atoms with Gasteiger partial charge in [-0.1, -0.05) is 51.3 Å². The number of ether oxygens (including phenoxy) is 2. The van der Waals surface area contributed by atoms with Crippen molar-refractivity contribution in [3.8, 4) is 11.5 Å². The van der Waals surface area contributed by atoms with Gasteiger partial charge in [0.25, 0.3) is 5.91 Å². The number of thioether (sulfide) groups is 1. The first kappa shape index (κ1) is 26.7. The third-order valence-corrected chi connectivity index (χ3v) is 7.66. The van der Waals surface area contributed by atoms with Gasteiger partial charge in [0.2, 0.25) is 5.17 Å². The highest BCUT2D eigenvalue weighted by atomic mass is 32.2. The Labute approximate surface area is 232 Å². The summed E-state index contributed by atoms with van der Waals surface area (Å²) in [6, 6.07) is 15.8. The number of hydrogen-bond donors (Lipinski definition) is 1. The topological polar surface area (TPSA) is 92.3 Å². The van der Waals surface area contributed by atoms with Crippen molar-refractivity contribution >= 4 is 50.7 Å². The van der Waals surface area contributed by atoms with Crippen LogP contribution in [0.4, 0.5) is 0 Å². The van der Waals surface area contributed by atoms with Crippen LogP contribution in [0.15, 0.2) is 70.4 Å². The lowest BCUT2D eigenvalue weighted by molar-refractivity contribution is -0.114. The van der Waals surface area contributed by atoms with Crippen molar-refractivity contribution in [1.82, 2.24) is 9.58 Å². The van der Waals surface area contributed by atoms with Crippen LogP contribution in [0.1, 0.15) is 51.5 Å². The van der Waals surface area contributed by atoms with E-state index in [1.807, 2.05) is 61.7 Å². The van der Waals surface area contributed by atoms with E-state index in [9.17, 15) is 4.79 Å². The van der Waals surface area contributed by atoms with Gasteiger partial charge in [0.15, 0.2) is 5.84 Å². The second-order valence-electron chi connectivity index (χ2n) is 9.39. The number of benzene rings is 2. The van der Waals surface area contributed by atoms with Gasteiger partial charge in [-0.3, -0.25) is 10.2 Å². The van der Waals surface area contributed by atoms with Crippen LogP contribution >= 0.6 is 11.8 Å². The number of rotatable bonds is 12. The highest BCUT2D eigenvalue weighted by Crippen LogP contribution is 2.31. The number of aromatic nitrogens is 1. The minimum atomic E-state index is -0.417. The zero-order valence-electron chi connectivity index (χ0n) is 22.4. The molecule has 0 fully saturated rings. The van der Waals surface area contributed by atoms with Crippen molar-refractivity contribution in [2.75, 3.05) is 13.2 Å². The van der Waals surface area contributed by atoms with E-state index in [2.05, 4.69) is 21.6 Å². The molecule has 3 aromatic rings. The Balaban J connectivity index is 1.26. The van der Waals surface area contributed by atoms with E-state index >= 15 is 0 Å². The molecule has 0 bridgehead atoms. The maximum atomic E-state index is 12.8. The number of amidine groups is 2. The summed E-state index contributed by atoms with van der Waals surface area (Å²) in [5, 5.41) is 16.8. The van der Waals surface area contributed by atoms with Gasteiger partial charge in [0.05, 0.1) is 18.7 Å². The lowest BCUT2D eigenvalue weighted by atomic mass is 10.1. The van der Waals surface area contributed by atoms with Crippen molar-refractivity contribution in [2.45, 2.75) is 52.5 Å². The summed E-state index contributed by atoms with van der Waals surface area (Å²) >= 11 is 1.34. The largest absolute Gasteiger partial charge is 0.494 e. The Morgan fingerprint density at radius 2 is 1.72 bits per heavy atom. The van der Waals surface area contributed by atoms with Crippen LogP contribution in [0.25, 0.3) is 17.0 Å². The molecule has 5 rings (SSSR count). The third-order valence-electron chi connectivity index (χ3n) is 6.61. The molecule has 9 heteroatoms. The van der Waals surface area contributed by atoms with Crippen molar-refractivity contribution in [2.24, 2.45) is 10.1 Å². The summed E-state index contributed by atoms with van der Waals surface area (Å²) in [5.74, 6) is 1.28. The summed E-state index contributed by atoms with van der Waals surface area (Å²) in [7, 11) is 0. The van der Waals surface area contributed by atoms with E-state index in [-0.39, 0.29) is 11.4 Å². The molecule has 0 radical (unpaired) electrons. The number of hydrogen-bond acceptors (Lipinski definition) is 6. The monoisotopic (exact) mass is 543 g/mol. The lowest BCUT2D eigenvalue weighted by Gasteiger charge is -2.20. The molecule has 1 amide bonds. The Kier molecular flexibility index (Phi) is 8.46. The molecule has 0 saturated heterocycles. The molecule has 8 nitrogen and oxygen atoms in total. The zero-order valence-corrected chi connectivity index (χ0v) is 23.2. The Morgan fingerprint density at radius 3 is 2.46 bits per heavy atom. The quantitative estimate of drug-likeness (QED) is 0.202. The van der Waals surface area contributed by atoms with Gasteiger partial charge in [-0.15, -0.1) is 0 Å². The van der Waals surface area contributed by atoms with E-state index in [4.69, 9.17) is 14.9 Å². The van der Waals surface area contributed by atoms with Gasteiger partial charge < -0.3 is 14.0 Å². The van der Waals surface area contributed by atoms with Crippen LogP contribution in [0.3, 0.4) is 0 Å². The Bertz CT molecular complexity index is 1460. The van der Waals surface area contributed by atoms with E-state index in [0.29, 0.717) is 18.3 Å². The van der Waals surface area contributed by atoms with Crippen LogP contribution in [0.5, 0.6) is 11.5 Å². The van der Waals surface area contributed by atoms with Gasteiger partial charge in [0.1, 0.15) is 23.1 Å². The number of aliphatic imine (C=N–C) groups is 1. The molecule has 202 valence electrons. The molecule has 3 heterocycles. The number of amides is 1. The molecule has 39 heavy (non-hydrogen) atoms. The fourth-order valence-corrected chi connectivity index (χ4v) is 5.34. The molecule has 2 aromatic carbocycles. The molecular formula is C30H33N5O3S. The predicted octanol–water partition coefficient (Wildman–Crippen LogP) is 6.71. The predicted molar refractivity (Wildman–Crippen MR) is 159 cm³/mol. The van der Waals surface area contributed by atoms with E-state index in [1.165, 1.54) is 36.0 Å². The number of carbonyl (C=O) groups excluding carboxylic acids is 1. The minimum Gasteiger partial charge on any atom is -0.494 e.